The van der Waals surface area contributed by atoms with Gasteiger partial charge in [0.2, 0.25) is 0 Å². The lowest BCUT2D eigenvalue weighted by Crippen LogP contribution is -2.40. The van der Waals surface area contributed by atoms with Gasteiger partial charge in [-0.1, -0.05) is 12.1 Å². The van der Waals surface area contributed by atoms with Gasteiger partial charge in [0.05, 0.1) is 11.4 Å². The van der Waals surface area contributed by atoms with E-state index in [1.165, 1.54) is 16.7 Å². The highest BCUT2D eigenvalue weighted by atomic mass is 15.5. The molecule has 0 saturated carbocycles. The summed E-state index contributed by atoms with van der Waals surface area (Å²) < 4.78 is 0. The monoisotopic (exact) mass is 307 g/mol. The van der Waals surface area contributed by atoms with Gasteiger partial charge in [-0.05, 0) is 61.7 Å². The predicted octanol–water partition coefficient (Wildman–Crippen LogP) is 3.69. The highest BCUT2D eigenvalue weighted by Gasteiger charge is 2.30. The van der Waals surface area contributed by atoms with Crippen molar-refractivity contribution in [1.82, 2.24) is 5.43 Å². The van der Waals surface area contributed by atoms with Gasteiger partial charge in [-0.15, -0.1) is 0 Å². The summed E-state index contributed by atoms with van der Waals surface area (Å²) in [5, 5.41) is 7.83. The fraction of sp³-hybridized carbons (Fsp3) is 0.222. The molecular formula is C18H21N5. The van der Waals surface area contributed by atoms with Gasteiger partial charge in [-0.25, -0.2) is 4.99 Å². The zero-order chi connectivity index (χ0) is 16.0. The maximum absolute atomic E-state index is 4.78. The molecule has 0 atom stereocenters. The number of amidine groups is 2. The summed E-state index contributed by atoms with van der Waals surface area (Å²) in [6.45, 7) is 6.95. The standard InChI is InChI=1S/C18H19N5.H2/c1-11-4-5-15-16(9-11)23-10-19-22-18(23)17(21-15)20-14-7-12(2)6-13(3)8-14;/h4-9,19H,10H2,1-3H3,(H,20,21);1H. The number of aryl methyl sites for hydroxylation is 3. The molecule has 0 aliphatic carbocycles. The molecule has 2 N–H and O–H groups in total. The minimum absolute atomic E-state index is 0. The Labute approximate surface area is 137 Å². The molecule has 0 bridgehead atoms. The third-order valence-corrected chi connectivity index (χ3v) is 4.02. The first-order valence-electron chi connectivity index (χ1n) is 7.73. The number of hydrogen-bond acceptors (Lipinski definition) is 5. The maximum Gasteiger partial charge on any atom is 0.197 e. The van der Waals surface area contributed by atoms with Gasteiger partial charge in [0.15, 0.2) is 11.7 Å². The van der Waals surface area contributed by atoms with Crippen molar-refractivity contribution in [3.05, 3.63) is 53.1 Å². The number of nitrogens with zero attached hydrogens (tertiary/aromatic N) is 3. The maximum atomic E-state index is 4.78. The molecule has 2 aliphatic rings. The molecule has 0 aromatic heterocycles. The molecule has 5 heteroatoms. The van der Waals surface area contributed by atoms with E-state index < -0.39 is 0 Å². The Hall–Kier alpha value is -2.82. The Bertz CT molecular complexity index is 836. The number of nitrogens with one attached hydrogen (secondary N) is 2. The third-order valence-electron chi connectivity index (χ3n) is 4.02. The van der Waals surface area contributed by atoms with Crippen LogP contribution in [0.4, 0.5) is 17.1 Å². The molecular weight excluding hydrogens is 286 g/mol. The van der Waals surface area contributed by atoms with Crippen LogP contribution < -0.4 is 15.6 Å². The van der Waals surface area contributed by atoms with Gasteiger partial charge < -0.3 is 10.2 Å². The van der Waals surface area contributed by atoms with E-state index in [1.807, 2.05) is 0 Å². The van der Waals surface area contributed by atoms with Crippen molar-refractivity contribution in [2.45, 2.75) is 20.8 Å². The van der Waals surface area contributed by atoms with Crippen molar-refractivity contribution in [3.8, 4) is 0 Å². The van der Waals surface area contributed by atoms with Gasteiger partial charge in [0.25, 0.3) is 0 Å². The number of rotatable bonds is 1. The summed E-state index contributed by atoms with van der Waals surface area (Å²) >= 11 is 0. The zero-order valence-corrected chi connectivity index (χ0v) is 13.5. The van der Waals surface area contributed by atoms with Crippen molar-refractivity contribution in [1.29, 1.82) is 0 Å². The fourth-order valence-electron chi connectivity index (χ4n) is 3.08. The summed E-state index contributed by atoms with van der Waals surface area (Å²) in [5.41, 5.74) is 9.82. The first kappa shape index (κ1) is 13.8. The number of hydrogen-bond donors (Lipinski definition) is 2. The molecule has 0 spiro atoms. The molecule has 4 rings (SSSR count). The van der Waals surface area contributed by atoms with Crippen LogP contribution in [0, 0.1) is 20.8 Å². The van der Waals surface area contributed by atoms with Crippen LogP contribution in [0.5, 0.6) is 0 Å². The average Bonchev–Trinajstić information content (AvgIpc) is 2.97. The fourth-order valence-corrected chi connectivity index (χ4v) is 3.08. The largest absolute Gasteiger partial charge is 0.337 e. The van der Waals surface area contributed by atoms with Crippen molar-refractivity contribution >= 4 is 28.7 Å². The number of anilines is 2. The zero-order valence-electron chi connectivity index (χ0n) is 13.5. The molecule has 2 aromatic rings. The van der Waals surface area contributed by atoms with Gasteiger partial charge in [-0.3, -0.25) is 5.43 Å². The van der Waals surface area contributed by atoms with Crippen LogP contribution in [-0.2, 0) is 0 Å². The van der Waals surface area contributed by atoms with Gasteiger partial charge in [0, 0.05) is 7.11 Å². The van der Waals surface area contributed by atoms with Crippen LogP contribution in [0.15, 0.2) is 46.5 Å². The summed E-state index contributed by atoms with van der Waals surface area (Å²) in [4.78, 5) is 6.93. The first-order chi connectivity index (χ1) is 11.1. The Balaban J connectivity index is 0.00000169. The van der Waals surface area contributed by atoms with E-state index in [4.69, 9.17) is 4.99 Å². The second-order valence-electron chi connectivity index (χ2n) is 6.13. The molecule has 2 aromatic carbocycles. The summed E-state index contributed by atoms with van der Waals surface area (Å²) in [6, 6.07) is 12.7. The van der Waals surface area contributed by atoms with Crippen molar-refractivity contribution < 1.29 is 1.43 Å². The van der Waals surface area contributed by atoms with E-state index in [1.54, 1.807) is 0 Å². The van der Waals surface area contributed by atoms with E-state index in [9.17, 15) is 0 Å². The second kappa shape index (κ2) is 5.12. The van der Waals surface area contributed by atoms with Crippen LogP contribution >= 0.6 is 0 Å². The lowest BCUT2D eigenvalue weighted by atomic mass is 10.1. The summed E-state index contributed by atoms with van der Waals surface area (Å²) in [6.07, 6.45) is 0. The summed E-state index contributed by atoms with van der Waals surface area (Å²) in [7, 11) is 0. The highest BCUT2D eigenvalue weighted by molar-refractivity contribution is 6.51. The molecule has 118 valence electrons. The Morgan fingerprint density at radius 2 is 1.83 bits per heavy atom. The molecule has 0 unspecified atom stereocenters. The lowest BCUT2D eigenvalue weighted by molar-refractivity contribution is 0.807. The molecule has 5 nitrogen and oxygen atoms in total. The number of benzene rings is 2. The van der Waals surface area contributed by atoms with E-state index in [0.717, 1.165) is 28.7 Å². The Morgan fingerprint density at radius 1 is 1.04 bits per heavy atom. The van der Waals surface area contributed by atoms with Crippen LogP contribution in [0.25, 0.3) is 0 Å². The third kappa shape index (κ3) is 2.44. The van der Waals surface area contributed by atoms with Crippen LogP contribution in [0.2, 0.25) is 0 Å². The van der Waals surface area contributed by atoms with Crippen LogP contribution in [0.3, 0.4) is 0 Å². The predicted molar refractivity (Wildman–Crippen MR) is 97.8 cm³/mol. The first-order valence-corrected chi connectivity index (χ1v) is 7.73. The second-order valence-corrected chi connectivity index (χ2v) is 6.13. The molecule has 0 saturated heterocycles. The van der Waals surface area contributed by atoms with E-state index in [2.05, 4.69) is 77.9 Å². The minimum Gasteiger partial charge on any atom is -0.337 e. The topological polar surface area (TPSA) is 52.0 Å². The highest BCUT2D eigenvalue weighted by Crippen LogP contribution is 2.34. The molecule has 0 amide bonds. The quantitative estimate of drug-likeness (QED) is 0.844. The molecule has 0 radical (unpaired) electrons. The SMILES string of the molecule is Cc1cc(C)cc(NC2=Nc3ccc(C)cc3N3CNN=C23)c1.[HH]. The van der Waals surface area contributed by atoms with Crippen molar-refractivity contribution in [2.24, 2.45) is 10.1 Å². The molecule has 0 fully saturated rings. The number of aliphatic imine (C=N–C) groups is 1. The lowest BCUT2D eigenvalue weighted by Gasteiger charge is -2.27. The minimum atomic E-state index is 0. The van der Waals surface area contributed by atoms with Crippen molar-refractivity contribution in [3.63, 3.8) is 0 Å². The van der Waals surface area contributed by atoms with E-state index in [0.29, 0.717) is 6.67 Å². The molecule has 23 heavy (non-hydrogen) atoms. The van der Waals surface area contributed by atoms with Crippen molar-refractivity contribution in [2.75, 3.05) is 16.9 Å². The van der Waals surface area contributed by atoms with Gasteiger partial charge in [-0.2, -0.15) is 5.10 Å². The van der Waals surface area contributed by atoms with Gasteiger partial charge >= 0.3 is 0 Å². The van der Waals surface area contributed by atoms with Crippen LogP contribution in [-0.4, -0.2) is 18.3 Å². The number of fused-ring (bicyclic) bond motifs is 3. The van der Waals surface area contributed by atoms with E-state index >= 15 is 0 Å². The Morgan fingerprint density at radius 3 is 2.61 bits per heavy atom. The summed E-state index contributed by atoms with van der Waals surface area (Å²) in [5.74, 6) is 1.61. The number of hydrazone groups is 1. The van der Waals surface area contributed by atoms with Crippen LogP contribution in [0.1, 0.15) is 18.1 Å². The Kier molecular flexibility index (Phi) is 3.08. The van der Waals surface area contributed by atoms with E-state index in [-0.39, 0.29) is 1.43 Å². The van der Waals surface area contributed by atoms with Gasteiger partial charge in [0.1, 0.15) is 6.67 Å². The normalized spacial score (nSPS) is 15.3. The average molecular weight is 307 g/mol. The smallest absolute Gasteiger partial charge is 0.197 e. The molecule has 2 aliphatic heterocycles. The molecule has 2 heterocycles.